The number of hydrogen-bond donors (Lipinski definition) is 1. The highest BCUT2D eigenvalue weighted by Gasteiger charge is 2.48. The van der Waals surface area contributed by atoms with Crippen molar-refractivity contribution >= 4 is 16.9 Å². The minimum Gasteiger partial charge on any atom is -0.495 e. The summed E-state index contributed by atoms with van der Waals surface area (Å²) in [6.45, 7) is 0. The van der Waals surface area contributed by atoms with Crippen molar-refractivity contribution in [2.75, 3.05) is 12.9 Å². The first-order valence-electron chi connectivity index (χ1n) is 8.40. The first-order valence-corrected chi connectivity index (χ1v) is 9.38. The van der Waals surface area contributed by atoms with Gasteiger partial charge in [-0.05, 0) is 42.5 Å². The third-order valence-corrected chi connectivity index (χ3v) is 6.20. The van der Waals surface area contributed by atoms with Crippen LogP contribution in [-0.4, -0.2) is 23.0 Å². The maximum atomic E-state index is 14.8. The SMILES string of the molecule is COc1cncc(-c2ccc(F)c(C34CCCC3CSC(N)=N4)c2)c1. The van der Waals surface area contributed by atoms with E-state index in [1.165, 1.54) is 6.07 Å². The Hall–Kier alpha value is -2.08. The molecule has 6 heteroatoms. The van der Waals surface area contributed by atoms with Gasteiger partial charge in [0.15, 0.2) is 5.17 Å². The number of nitrogens with two attached hydrogens (primary N) is 1. The van der Waals surface area contributed by atoms with Crippen molar-refractivity contribution in [2.24, 2.45) is 16.6 Å². The van der Waals surface area contributed by atoms with Crippen molar-refractivity contribution in [3.63, 3.8) is 0 Å². The quantitative estimate of drug-likeness (QED) is 0.903. The zero-order chi connectivity index (χ0) is 17.4. The molecular weight excluding hydrogens is 337 g/mol. The second-order valence-electron chi connectivity index (χ2n) is 6.58. The third-order valence-electron chi connectivity index (χ3n) is 5.24. The number of benzene rings is 1. The van der Waals surface area contributed by atoms with Gasteiger partial charge in [0.25, 0.3) is 0 Å². The average molecular weight is 357 g/mol. The van der Waals surface area contributed by atoms with E-state index in [0.717, 1.165) is 36.1 Å². The Bertz CT molecular complexity index is 841. The van der Waals surface area contributed by atoms with Crippen LogP contribution in [0.3, 0.4) is 0 Å². The molecule has 1 aromatic carbocycles. The minimum atomic E-state index is -0.526. The smallest absolute Gasteiger partial charge is 0.154 e. The topological polar surface area (TPSA) is 60.5 Å². The second-order valence-corrected chi connectivity index (χ2v) is 7.62. The van der Waals surface area contributed by atoms with Crippen molar-refractivity contribution in [2.45, 2.75) is 24.8 Å². The van der Waals surface area contributed by atoms with Crippen LogP contribution >= 0.6 is 11.8 Å². The van der Waals surface area contributed by atoms with Crippen LogP contribution in [0.2, 0.25) is 0 Å². The number of halogens is 1. The maximum absolute atomic E-state index is 14.8. The highest BCUT2D eigenvalue weighted by Crippen LogP contribution is 2.51. The third kappa shape index (κ3) is 2.78. The fourth-order valence-corrected chi connectivity index (χ4v) is 5.03. The zero-order valence-corrected chi connectivity index (χ0v) is 14.9. The molecule has 0 spiro atoms. The molecule has 1 aliphatic carbocycles. The van der Waals surface area contributed by atoms with Gasteiger partial charge in [-0.2, -0.15) is 0 Å². The predicted molar refractivity (Wildman–Crippen MR) is 99.3 cm³/mol. The van der Waals surface area contributed by atoms with Crippen LogP contribution in [0.25, 0.3) is 11.1 Å². The number of ether oxygens (including phenoxy) is 1. The van der Waals surface area contributed by atoms with Crippen LogP contribution < -0.4 is 10.5 Å². The van der Waals surface area contributed by atoms with Gasteiger partial charge < -0.3 is 10.5 Å². The number of rotatable bonds is 3. The average Bonchev–Trinajstić information content (AvgIpc) is 3.06. The lowest BCUT2D eigenvalue weighted by molar-refractivity contribution is 0.341. The zero-order valence-electron chi connectivity index (χ0n) is 14.0. The molecule has 0 radical (unpaired) electrons. The Morgan fingerprint density at radius 2 is 2.16 bits per heavy atom. The molecule has 0 saturated heterocycles. The molecular formula is C19H20FN3OS. The van der Waals surface area contributed by atoms with E-state index in [2.05, 4.69) is 4.98 Å². The van der Waals surface area contributed by atoms with Gasteiger partial charge in [0.1, 0.15) is 11.6 Å². The first kappa shape index (κ1) is 16.4. The molecule has 2 heterocycles. The summed E-state index contributed by atoms with van der Waals surface area (Å²) >= 11 is 1.58. The van der Waals surface area contributed by atoms with Gasteiger partial charge in [0, 0.05) is 23.1 Å². The van der Waals surface area contributed by atoms with Gasteiger partial charge in [0.05, 0.1) is 18.8 Å². The van der Waals surface area contributed by atoms with Crippen molar-refractivity contribution in [1.29, 1.82) is 0 Å². The van der Waals surface area contributed by atoms with Crippen molar-refractivity contribution in [3.8, 4) is 16.9 Å². The van der Waals surface area contributed by atoms with E-state index in [4.69, 9.17) is 15.5 Å². The van der Waals surface area contributed by atoms with E-state index in [1.807, 2.05) is 12.1 Å². The molecule has 130 valence electrons. The molecule has 4 rings (SSSR count). The van der Waals surface area contributed by atoms with Gasteiger partial charge in [-0.1, -0.05) is 24.2 Å². The molecule has 25 heavy (non-hydrogen) atoms. The number of fused-ring (bicyclic) bond motifs is 1. The highest BCUT2D eigenvalue weighted by atomic mass is 32.2. The Labute approximate surface area is 150 Å². The van der Waals surface area contributed by atoms with Crippen LogP contribution in [0.15, 0.2) is 41.7 Å². The molecule has 2 unspecified atom stereocenters. The van der Waals surface area contributed by atoms with Gasteiger partial charge in [0.2, 0.25) is 0 Å². The highest BCUT2D eigenvalue weighted by molar-refractivity contribution is 8.13. The minimum absolute atomic E-state index is 0.213. The van der Waals surface area contributed by atoms with E-state index < -0.39 is 5.54 Å². The number of aromatic nitrogens is 1. The summed E-state index contributed by atoms with van der Waals surface area (Å²) in [6, 6.07) is 7.13. The Morgan fingerprint density at radius 3 is 3.00 bits per heavy atom. The molecule has 0 bridgehead atoms. The van der Waals surface area contributed by atoms with Crippen molar-refractivity contribution in [3.05, 3.63) is 48.0 Å². The Morgan fingerprint density at radius 1 is 1.28 bits per heavy atom. The van der Waals surface area contributed by atoms with Crippen molar-refractivity contribution < 1.29 is 9.13 Å². The van der Waals surface area contributed by atoms with E-state index in [9.17, 15) is 4.39 Å². The van der Waals surface area contributed by atoms with E-state index in [0.29, 0.717) is 22.4 Å². The molecule has 1 fully saturated rings. The summed E-state index contributed by atoms with van der Waals surface area (Å²) in [5, 5.41) is 0.561. The summed E-state index contributed by atoms with van der Waals surface area (Å²) in [4.78, 5) is 8.96. The standard InChI is InChI=1S/C19H20FN3OS/c1-24-15-7-13(9-22-10-15)12-4-5-17(20)16(8-12)19-6-2-3-14(19)11-25-18(21)23-19/h4-5,7-10,14H,2-3,6,11H2,1H3,(H2,21,23). The lowest BCUT2D eigenvalue weighted by Crippen LogP contribution is -2.37. The summed E-state index contributed by atoms with van der Waals surface area (Å²) in [5.74, 6) is 1.70. The fourth-order valence-electron chi connectivity index (χ4n) is 3.98. The van der Waals surface area contributed by atoms with Crippen LogP contribution in [0.5, 0.6) is 5.75 Å². The molecule has 4 nitrogen and oxygen atoms in total. The lowest BCUT2D eigenvalue weighted by atomic mass is 9.80. The summed E-state index contributed by atoms with van der Waals surface area (Å²) in [7, 11) is 1.61. The molecule has 2 aliphatic rings. The molecule has 2 atom stereocenters. The molecule has 1 aromatic heterocycles. The molecule has 1 saturated carbocycles. The maximum Gasteiger partial charge on any atom is 0.154 e. The van der Waals surface area contributed by atoms with Gasteiger partial charge in [-0.15, -0.1) is 0 Å². The number of hydrogen-bond acceptors (Lipinski definition) is 5. The van der Waals surface area contributed by atoms with E-state index in [-0.39, 0.29) is 5.82 Å². The molecule has 2 N–H and O–H groups in total. The van der Waals surface area contributed by atoms with Gasteiger partial charge in [-0.25, -0.2) is 4.39 Å². The fraction of sp³-hybridized carbons (Fsp3) is 0.368. The molecule has 1 aliphatic heterocycles. The Kier molecular flexibility index (Phi) is 4.15. The first-order chi connectivity index (χ1) is 12.1. The summed E-state index contributed by atoms with van der Waals surface area (Å²) in [6.07, 6.45) is 6.37. The van der Waals surface area contributed by atoms with Crippen LogP contribution in [0, 0.1) is 11.7 Å². The summed E-state index contributed by atoms with van der Waals surface area (Å²) in [5.41, 5.74) is 7.95. The van der Waals surface area contributed by atoms with E-state index in [1.54, 1.807) is 37.3 Å². The lowest BCUT2D eigenvalue weighted by Gasteiger charge is -2.36. The van der Waals surface area contributed by atoms with E-state index >= 15 is 0 Å². The number of aliphatic imine (C=N–C) groups is 1. The van der Waals surface area contributed by atoms with Crippen molar-refractivity contribution in [1.82, 2.24) is 4.98 Å². The number of nitrogens with zero attached hydrogens (tertiary/aromatic N) is 2. The van der Waals surface area contributed by atoms with Gasteiger partial charge >= 0.3 is 0 Å². The monoisotopic (exact) mass is 357 g/mol. The molecule has 2 aromatic rings. The Balaban J connectivity index is 1.84. The molecule has 0 amide bonds. The van der Waals surface area contributed by atoms with Crippen LogP contribution in [0.1, 0.15) is 24.8 Å². The summed E-state index contributed by atoms with van der Waals surface area (Å²) < 4.78 is 20.1. The normalized spacial score (nSPS) is 25.4. The van der Waals surface area contributed by atoms with Crippen LogP contribution in [-0.2, 0) is 5.54 Å². The number of thioether (sulfide) groups is 1. The second kappa shape index (κ2) is 6.33. The largest absolute Gasteiger partial charge is 0.495 e. The predicted octanol–water partition coefficient (Wildman–Crippen LogP) is 3.95. The number of pyridine rings is 1. The van der Waals surface area contributed by atoms with Gasteiger partial charge in [-0.3, -0.25) is 9.98 Å². The number of methoxy groups -OCH3 is 1. The number of amidine groups is 1. The van der Waals surface area contributed by atoms with Crippen LogP contribution in [0.4, 0.5) is 4.39 Å².